The van der Waals surface area contributed by atoms with E-state index in [-0.39, 0.29) is 18.1 Å². The molecule has 1 rings (SSSR count). The molecule has 1 heterocycles. The average Bonchev–Trinajstić information content (AvgIpc) is 2.34. The van der Waals surface area contributed by atoms with Crippen LogP contribution in [0.15, 0.2) is 6.20 Å². The van der Waals surface area contributed by atoms with Crippen LogP contribution in [0.1, 0.15) is 6.92 Å². The standard InChI is InChI=1S/C5H6N4O3/c1-4(10)3-8-6-2-5(7-8)9(11)12/h2H,3H2,1H3. The summed E-state index contributed by atoms with van der Waals surface area (Å²) in [5.74, 6) is -0.503. The van der Waals surface area contributed by atoms with Crippen molar-refractivity contribution in [3.05, 3.63) is 16.3 Å². The van der Waals surface area contributed by atoms with E-state index in [0.717, 1.165) is 11.0 Å². The van der Waals surface area contributed by atoms with Gasteiger partial charge < -0.3 is 10.1 Å². The van der Waals surface area contributed by atoms with E-state index >= 15 is 0 Å². The molecule has 0 aliphatic heterocycles. The van der Waals surface area contributed by atoms with Crippen molar-refractivity contribution < 1.29 is 9.72 Å². The van der Waals surface area contributed by atoms with Gasteiger partial charge in [0.1, 0.15) is 6.54 Å². The van der Waals surface area contributed by atoms with Crippen molar-refractivity contribution >= 4 is 11.6 Å². The first-order valence-electron chi connectivity index (χ1n) is 3.13. The molecule has 0 N–H and O–H groups in total. The zero-order valence-corrected chi connectivity index (χ0v) is 6.30. The molecule has 1 aromatic rings. The SMILES string of the molecule is CC(=O)Cn1ncc([N+](=O)[O-])n1. The largest absolute Gasteiger partial charge is 0.410 e. The lowest BCUT2D eigenvalue weighted by Gasteiger charge is -1.86. The lowest BCUT2D eigenvalue weighted by molar-refractivity contribution is -0.389. The molecule has 0 unspecified atom stereocenters. The van der Waals surface area contributed by atoms with Crippen LogP contribution in [0.3, 0.4) is 0 Å². The first-order valence-corrected chi connectivity index (χ1v) is 3.13. The highest BCUT2D eigenvalue weighted by atomic mass is 16.6. The molecular weight excluding hydrogens is 164 g/mol. The second kappa shape index (κ2) is 3.07. The number of aromatic nitrogens is 3. The molecule has 0 aromatic carbocycles. The minimum atomic E-state index is -0.663. The summed E-state index contributed by atoms with van der Waals surface area (Å²) in [6.45, 7) is 1.32. The number of hydrogen-bond donors (Lipinski definition) is 0. The van der Waals surface area contributed by atoms with Gasteiger partial charge in [0.2, 0.25) is 0 Å². The van der Waals surface area contributed by atoms with Gasteiger partial charge in [0, 0.05) is 0 Å². The molecule has 12 heavy (non-hydrogen) atoms. The molecule has 0 amide bonds. The van der Waals surface area contributed by atoms with Gasteiger partial charge in [0.25, 0.3) is 0 Å². The third-order valence-corrected chi connectivity index (χ3v) is 1.08. The van der Waals surface area contributed by atoms with E-state index < -0.39 is 4.92 Å². The normalized spacial score (nSPS) is 9.75. The highest BCUT2D eigenvalue weighted by Crippen LogP contribution is 2.01. The van der Waals surface area contributed by atoms with Crippen LogP contribution >= 0.6 is 0 Å². The van der Waals surface area contributed by atoms with Crippen LogP contribution in [0.2, 0.25) is 0 Å². The van der Waals surface area contributed by atoms with Crippen LogP contribution in [0, 0.1) is 10.1 Å². The predicted octanol–water partition coefficient (Wildman–Crippen LogP) is -0.225. The van der Waals surface area contributed by atoms with Gasteiger partial charge in [0.15, 0.2) is 12.0 Å². The van der Waals surface area contributed by atoms with Gasteiger partial charge in [-0.2, -0.15) is 0 Å². The summed E-state index contributed by atoms with van der Waals surface area (Å²) < 4.78 is 0. The summed E-state index contributed by atoms with van der Waals surface area (Å²) in [7, 11) is 0. The Morgan fingerprint density at radius 3 is 2.92 bits per heavy atom. The summed E-state index contributed by atoms with van der Waals surface area (Å²) in [5.41, 5.74) is 0. The Morgan fingerprint density at radius 2 is 2.50 bits per heavy atom. The van der Waals surface area contributed by atoms with Crippen LogP contribution in [-0.4, -0.2) is 25.7 Å². The number of hydrogen-bond acceptors (Lipinski definition) is 5. The third-order valence-electron chi connectivity index (χ3n) is 1.08. The van der Waals surface area contributed by atoms with E-state index in [1.807, 2.05) is 0 Å². The first-order chi connectivity index (χ1) is 5.59. The summed E-state index contributed by atoms with van der Waals surface area (Å²) in [6.07, 6.45) is 1.00. The van der Waals surface area contributed by atoms with Crippen LogP contribution in [0.4, 0.5) is 5.82 Å². The smallest absolute Gasteiger partial charge is 0.358 e. The minimum absolute atomic E-state index is 0.0339. The quantitative estimate of drug-likeness (QED) is 0.461. The number of ketones is 1. The van der Waals surface area contributed by atoms with Crippen LogP contribution in [0.5, 0.6) is 0 Å². The van der Waals surface area contributed by atoms with Crippen molar-refractivity contribution in [2.75, 3.05) is 0 Å². The lowest BCUT2D eigenvalue weighted by Crippen LogP contribution is -2.09. The molecule has 0 radical (unpaired) electrons. The lowest BCUT2D eigenvalue weighted by atomic mass is 10.5. The van der Waals surface area contributed by atoms with E-state index in [1.54, 1.807) is 0 Å². The molecule has 7 nitrogen and oxygen atoms in total. The highest BCUT2D eigenvalue weighted by molar-refractivity contribution is 5.74. The average molecular weight is 170 g/mol. The summed E-state index contributed by atoms with van der Waals surface area (Å²) in [4.78, 5) is 20.9. The second-order valence-corrected chi connectivity index (χ2v) is 2.19. The third kappa shape index (κ3) is 1.84. The Morgan fingerprint density at radius 1 is 1.83 bits per heavy atom. The van der Waals surface area contributed by atoms with Crippen molar-refractivity contribution in [1.29, 1.82) is 0 Å². The zero-order valence-electron chi connectivity index (χ0n) is 6.30. The number of carbonyl (C=O) groups is 1. The van der Waals surface area contributed by atoms with Gasteiger partial charge in [0.05, 0.1) is 5.10 Å². The molecule has 7 heteroatoms. The topological polar surface area (TPSA) is 90.9 Å². The van der Waals surface area contributed by atoms with Crippen molar-refractivity contribution in [3.8, 4) is 0 Å². The molecule has 1 aromatic heterocycles. The van der Waals surface area contributed by atoms with Crippen molar-refractivity contribution in [1.82, 2.24) is 15.0 Å². The van der Waals surface area contributed by atoms with Gasteiger partial charge in [-0.1, -0.05) is 4.80 Å². The maximum atomic E-state index is 10.5. The summed E-state index contributed by atoms with van der Waals surface area (Å²) in [6, 6.07) is 0. The zero-order chi connectivity index (χ0) is 9.14. The van der Waals surface area contributed by atoms with E-state index in [2.05, 4.69) is 10.2 Å². The Bertz CT molecular complexity index is 318. The van der Waals surface area contributed by atoms with Crippen molar-refractivity contribution in [2.24, 2.45) is 0 Å². The molecule has 0 aliphatic carbocycles. The van der Waals surface area contributed by atoms with Gasteiger partial charge in [-0.15, -0.1) is 5.10 Å². The summed E-state index contributed by atoms with van der Waals surface area (Å²) in [5, 5.41) is 17.1. The fourth-order valence-corrected chi connectivity index (χ4v) is 0.647. The second-order valence-electron chi connectivity index (χ2n) is 2.19. The first kappa shape index (κ1) is 8.31. The Hall–Kier alpha value is -1.79. The number of Topliss-reactive ketones (excluding diaryl/α,β-unsaturated/α-hetero) is 1. The van der Waals surface area contributed by atoms with Gasteiger partial charge in [-0.3, -0.25) is 4.79 Å². The van der Waals surface area contributed by atoms with Crippen molar-refractivity contribution in [3.63, 3.8) is 0 Å². The molecule has 64 valence electrons. The number of rotatable bonds is 3. The maximum absolute atomic E-state index is 10.5. The van der Waals surface area contributed by atoms with Crippen molar-refractivity contribution in [2.45, 2.75) is 13.5 Å². The minimum Gasteiger partial charge on any atom is -0.358 e. The molecule has 0 fully saturated rings. The number of carbonyl (C=O) groups excluding carboxylic acids is 1. The highest BCUT2D eigenvalue weighted by Gasteiger charge is 2.12. The van der Waals surface area contributed by atoms with E-state index in [4.69, 9.17) is 0 Å². The Kier molecular flexibility index (Phi) is 2.13. The summed E-state index contributed by atoms with van der Waals surface area (Å²) >= 11 is 0. The van der Waals surface area contributed by atoms with E-state index in [9.17, 15) is 14.9 Å². The molecule has 0 atom stereocenters. The molecule has 0 spiro atoms. The molecule has 0 bridgehead atoms. The number of nitro groups is 1. The van der Waals surface area contributed by atoms with Crippen LogP contribution < -0.4 is 0 Å². The van der Waals surface area contributed by atoms with Gasteiger partial charge >= 0.3 is 5.82 Å². The van der Waals surface area contributed by atoms with E-state index in [1.165, 1.54) is 6.92 Å². The Balaban J connectivity index is 2.77. The Labute approximate surface area is 67.1 Å². The fourth-order valence-electron chi connectivity index (χ4n) is 0.647. The van der Waals surface area contributed by atoms with Crippen LogP contribution in [-0.2, 0) is 11.3 Å². The predicted molar refractivity (Wildman–Crippen MR) is 37.4 cm³/mol. The molecular formula is C5H6N4O3. The van der Waals surface area contributed by atoms with E-state index in [0.29, 0.717) is 0 Å². The van der Waals surface area contributed by atoms with Gasteiger partial charge in [-0.05, 0) is 11.8 Å². The maximum Gasteiger partial charge on any atom is 0.410 e. The van der Waals surface area contributed by atoms with Crippen LogP contribution in [0.25, 0.3) is 0 Å². The number of nitrogens with zero attached hydrogens (tertiary/aromatic N) is 4. The monoisotopic (exact) mass is 170 g/mol. The fraction of sp³-hybridized carbons (Fsp3) is 0.400. The molecule has 0 saturated heterocycles. The van der Waals surface area contributed by atoms with Gasteiger partial charge in [-0.25, -0.2) is 0 Å². The molecule has 0 saturated carbocycles. The molecule has 0 aliphatic rings.